The average Bonchev–Trinajstić information content (AvgIpc) is 2.68. The monoisotopic (exact) mass is 389 g/mol. The number of likely N-dealkylation sites (N-methyl/N-ethyl adjacent to an activating group) is 1. The van der Waals surface area contributed by atoms with Crippen LogP contribution in [0.3, 0.4) is 0 Å². The fourth-order valence-corrected chi connectivity index (χ4v) is 3.69. The summed E-state index contributed by atoms with van der Waals surface area (Å²) in [5, 5.41) is 7.71. The van der Waals surface area contributed by atoms with Crippen molar-refractivity contribution in [1.82, 2.24) is 9.80 Å². The number of amides is 1. The van der Waals surface area contributed by atoms with Crippen molar-refractivity contribution in [1.29, 1.82) is 5.41 Å². The van der Waals surface area contributed by atoms with Crippen molar-refractivity contribution in [3.63, 3.8) is 0 Å². The topological polar surface area (TPSA) is 56.6 Å². The molecule has 5 nitrogen and oxygen atoms in total. The van der Waals surface area contributed by atoms with E-state index in [1.807, 2.05) is 0 Å². The van der Waals surface area contributed by atoms with Gasteiger partial charge < -0.3 is 14.5 Å². The fourth-order valence-electron chi connectivity index (χ4n) is 3.45. The van der Waals surface area contributed by atoms with Crippen molar-refractivity contribution in [3.8, 4) is 0 Å². The zero-order chi connectivity index (χ0) is 19.3. The Hall–Kier alpha value is -1.96. The molecule has 26 heavy (non-hydrogen) atoms. The van der Waals surface area contributed by atoms with E-state index >= 15 is 0 Å². The van der Waals surface area contributed by atoms with Crippen LogP contribution in [-0.2, 0) is 9.53 Å². The number of rotatable bonds is 5. The number of carbonyl (C=O) groups is 1. The van der Waals surface area contributed by atoms with E-state index in [2.05, 4.69) is 0 Å². The maximum atomic E-state index is 12.5. The number of hydrogen-bond acceptors (Lipinski definition) is 4. The highest BCUT2D eigenvalue weighted by Crippen LogP contribution is 2.48. The summed E-state index contributed by atoms with van der Waals surface area (Å²) >= 11 is 5.90. The first-order valence-corrected chi connectivity index (χ1v) is 8.45. The molecule has 0 aromatic rings. The highest BCUT2D eigenvalue weighted by molar-refractivity contribution is 6.66. The third kappa shape index (κ3) is 3.22. The molecule has 142 valence electrons. The van der Waals surface area contributed by atoms with Crippen molar-refractivity contribution in [2.75, 3.05) is 33.3 Å². The van der Waals surface area contributed by atoms with Gasteiger partial charge in [0, 0.05) is 19.3 Å². The molecule has 3 aliphatic rings. The Balaban J connectivity index is 1.72. The quantitative estimate of drug-likeness (QED) is 0.581. The smallest absolute Gasteiger partial charge is 0.422 e. The summed E-state index contributed by atoms with van der Waals surface area (Å²) in [5.74, 6) is -0.223. The lowest BCUT2D eigenvalue weighted by Crippen LogP contribution is -2.39. The van der Waals surface area contributed by atoms with Crippen molar-refractivity contribution >= 4 is 22.7 Å². The molecule has 1 aliphatic carbocycles. The number of fused-ring (bicyclic) bond motifs is 1. The molecule has 0 saturated carbocycles. The number of nitrogens with one attached hydrogen (secondary N) is 1. The third-order valence-electron chi connectivity index (χ3n) is 5.04. The van der Waals surface area contributed by atoms with Crippen molar-refractivity contribution < 1.29 is 22.7 Å². The molecular weight excluding hydrogens is 371 g/mol. The standard InChI is InChI=1S/C17H19ClF3N3O2/c1-10-5-11(23(2)7-13(10)26-9-17(19,20)21)6-24-8-16(15(18)22)4-3-12(16)14(24)25/h3-5,12,22H,6-9H2,1-2H3/t12?,16-/m0/s1. The second-order valence-corrected chi connectivity index (χ2v) is 7.27. The summed E-state index contributed by atoms with van der Waals surface area (Å²) in [6.45, 7) is 1.21. The predicted octanol–water partition coefficient (Wildman–Crippen LogP) is 2.90. The number of allylic oxidation sites excluding steroid dienone is 2. The normalized spacial score (nSPS) is 28.2. The summed E-state index contributed by atoms with van der Waals surface area (Å²) in [7, 11) is 1.74. The maximum absolute atomic E-state index is 12.5. The van der Waals surface area contributed by atoms with E-state index in [0.29, 0.717) is 18.7 Å². The molecular formula is C17H19ClF3N3O2. The molecule has 1 amide bonds. The van der Waals surface area contributed by atoms with Crippen LogP contribution in [0.1, 0.15) is 6.92 Å². The van der Waals surface area contributed by atoms with Gasteiger partial charge in [0.15, 0.2) is 6.61 Å². The van der Waals surface area contributed by atoms with Crippen LogP contribution >= 0.6 is 11.6 Å². The molecule has 1 N–H and O–H groups in total. The van der Waals surface area contributed by atoms with Crippen molar-refractivity contribution in [2.24, 2.45) is 11.3 Å². The Bertz CT molecular complexity index is 744. The minimum atomic E-state index is -4.38. The van der Waals surface area contributed by atoms with E-state index in [4.69, 9.17) is 21.7 Å². The molecule has 2 heterocycles. The molecule has 0 aromatic carbocycles. The van der Waals surface area contributed by atoms with Crippen LogP contribution in [0.25, 0.3) is 0 Å². The second kappa shape index (κ2) is 6.33. The van der Waals surface area contributed by atoms with E-state index in [0.717, 1.165) is 5.70 Å². The van der Waals surface area contributed by atoms with Crippen LogP contribution in [0, 0.1) is 16.7 Å². The molecule has 3 rings (SSSR count). The van der Waals surface area contributed by atoms with Crippen LogP contribution in [-0.4, -0.2) is 60.3 Å². The zero-order valence-corrected chi connectivity index (χ0v) is 15.1. The van der Waals surface area contributed by atoms with Crippen molar-refractivity contribution in [3.05, 3.63) is 35.3 Å². The van der Waals surface area contributed by atoms with Gasteiger partial charge in [-0.3, -0.25) is 10.2 Å². The lowest BCUT2D eigenvalue weighted by atomic mass is 9.70. The minimum Gasteiger partial charge on any atom is -0.486 e. The van der Waals surface area contributed by atoms with Crippen LogP contribution < -0.4 is 0 Å². The van der Waals surface area contributed by atoms with Crippen LogP contribution in [0.4, 0.5) is 13.2 Å². The minimum absolute atomic E-state index is 0.0502. The third-order valence-corrected chi connectivity index (χ3v) is 5.39. The number of ether oxygens (including phenoxy) is 1. The molecule has 1 unspecified atom stereocenters. The molecule has 1 saturated heterocycles. The summed E-state index contributed by atoms with van der Waals surface area (Å²) < 4.78 is 41.9. The number of likely N-dealkylation sites (tertiary alicyclic amines) is 1. The second-order valence-electron chi connectivity index (χ2n) is 6.89. The number of carbonyl (C=O) groups excluding carboxylic acids is 1. The van der Waals surface area contributed by atoms with Gasteiger partial charge in [0.2, 0.25) is 5.91 Å². The number of alkyl halides is 3. The zero-order valence-electron chi connectivity index (χ0n) is 14.4. The van der Waals surface area contributed by atoms with Gasteiger partial charge in [-0.25, -0.2) is 0 Å². The first-order chi connectivity index (χ1) is 12.0. The predicted molar refractivity (Wildman–Crippen MR) is 90.6 cm³/mol. The van der Waals surface area contributed by atoms with E-state index in [1.165, 1.54) is 0 Å². The highest BCUT2D eigenvalue weighted by Gasteiger charge is 2.56. The van der Waals surface area contributed by atoms with E-state index in [9.17, 15) is 18.0 Å². The highest BCUT2D eigenvalue weighted by atomic mass is 35.5. The Morgan fingerprint density at radius 1 is 1.50 bits per heavy atom. The lowest BCUT2D eigenvalue weighted by molar-refractivity contribution is -0.165. The Morgan fingerprint density at radius 3 is 2.69 bits per heavy atom. The first-order valence-electron chi connectivity index (χ1n) is 8.07. The van der Waals surface area contributed by atoms with Crippen LogP contribution in [0.15, 0.2) is 35.3 Å². The largest absolute Gasteiger partial charge is 0.486 e. The Morgan fingerprint density at radius 2 is 2.19 bits per heavy atom. The van der Waals surface area contributed by atoms with Crippen LogP contribution in [0.5, 0.6) is 0 Å². The Kier molecular flexibility index (Phi) is 4.58. The number of nitrogens with zero attached hydrogens (tertiary/aromatic N) is 2. The maximum Gasteiger partial charge on any atom is 0.422 e. The van der Waals surface area contributed by atoms with E-state index < -0.39 is 24.1 Å². The Labute approximate surface area is 154 Å². The van der Waals surface area contributed by atoms with Gasteiger partial charge in [-0.1, -0.05) is 23.8 Å². The van der Waals surface area contributed by atoms with Gasteiger partial charge in [-0.15, -0.1) is 0 Å². The molecule has 1 fully saturated rings. The van der Waals surface area contributed by atoms with Crippen LogP contribution in [0.2, 0.25) is 0 Å². The lowest BCUT2D eigenvalue weighted by Gasteiger charge is -2.33. The molecule has 0 spiro atoms. The average molecular weight is 390 g/mol. The van der Waals surface area contributed by atoms with Gasteiger partial charge in [-0.05, 0) is 18.6 Å². The first kappa shape index (κ1) is 18.8. The number of halogens is 4. The summed E-state index contributed by atoms with van der Waals surface area (Å²) in [5.41, 5.74) is 0.681. The fraction of sp³-hybridized carbons (Fsp3) is 0.529. The van der Waals surface area contributed by atoms with Gasteiger partial charge in [0.1, 0.15) is 10.9 Å². The van der Waals surface area contributed by atoms with Gasteiger partial charge >= 0.3 is 6.18 Å². The molecule has 0 radical (unpaired) electrons. The molecule has 0 bridgehead atoms. The SMILES string of the molecule is CC1=C(OCC(F)(F)F)CN(C)C(CN2C[C@@]3(C(=N)Cl)C=CC3C2=O)=C1. The van der Waals surface area contributed by atoms with Crippen molar-refractivity contribution in [2.45, 2.75) is 13.1 Å². The van der Waals surface area contributed by atoms with E-state index in [-0.39, 0.29) is 23.4 Å². The summed E-state index contributed by atoms with van der Waals surface area (Å²) in [6, 6.07) is 0. The summed E-state index contributed by atoms with van der Waals surface area (Å²) in [4.78, 5) is 15.9. The van der Waals surface area contributed by atoms with Gasteiger partial charge in [0.05, 0.1) is 24.4 Å². The van der Waals surface area contributed by atoms with Gasteiger partial charge in [-0.2, -0.15) is 13.2 Å². The number of hydrogen-bond donors (Lipinski definition) is 1. The van der Waals surface area contributed by atoms with E-state index in [1.54, 1.807) is 42.0 Å². The molecule has 2 aliphatic heterocycles. The molecule has 9 heteroatoms. The summed E-state index contributed by atoms with van der Waals surface area (Å²) in [6.07, 6.45) is 0.893. The molecule has 0 aromatic heterocycles. The molecule has 2 atom stereocenters. The van der Waals surface area contributed by atoms with Gasteiger partial charge in [0.25, 0.3) is 0 Å².